The van der Waals surface area contributed by atoms with Crippen LogP contribution in [0, 0.1) is 0 Å². The van der Waals surface area contributed by atoms with Gasteiger partial charge >= 0.3 is 0 Å². The first-order chi connectivity index (χ1) is 7.54. The van der Waals surface area contributed by atoms with E-state index in [0.717, 1.165) is 17.1 Å². The van der Waals surface area contributed by atoms with Crippen LogP contribution in [0.2, 0.25) is 10.0 Å². The Kier molecular flexibility index (Phi) is 3.45. The van der Waals surface area contributed by atoms with E-state index in [0.29, 0.717) is 17.6 Å². The van der Waals surface area contributed by atoms with Crippen molar-refractivity contribution in [3.63, 3.8) is 0 Å². The van der Waals surface area contributed by atoms with Crippen molar-refractivity contribution in [2.24, 2.45) is 5.73 Å². The van der Waals surface area contributed by atoms with E-state index in [-0.39, 0.29) is 6.04 Å². The zero-order chi connectivity index (χ0) is 11.9. The van der Waals surface area contributed by atoms with Gasteiger partial charge in [-0.1, -0.05) is 23.2 Å². The lowest BCUT2D eigenvalue weighted by molar-refractivity contribution is 0.172. The molecule has 0 spiro atoms. The molecule has 0 aliphatic carbocycles. The van der Waals surface area contributed by atoms with Crippen LogP contribution in [-0.4, -0.2) is 17.5 Å². The number of rotatable bonds is 2. The molecule has 2 N–H and O–H groups in total. The average molecular weight is 259 g/mol. The molecule has 0 aromatic heterocycles. The van der Waals surface area contributed by atoms with Gasteiger partial charge in [-0.05, 0) is 37.1 Å². The van der Waals surface area contributed by atoms with Crippen LogP contribution >= 0.6 is 23.2 Å². The van der Waals surface area contributed by atoms with E-state index in [4.69, 9.17) is 28.9 Å². The highest BCUT2D eigenvalue weighted by atomic mass is 35.5. The molecular weight excluding hydrogens is 243 g/mol. The first kappa shape index (κ1) is 12.2. The van der Waals surface area contributed by atoms with Gasteiger partial charge in [-0.25, -0.2) is 0 Å². The van der Waals surface area contributed by atoms with E-state index in [1.54, 1.807) is 6.07 Å². The molecule has 1 heterocycles. The van der Waals surface area contributed by atoms with Crippen LogP contribution in [0.4, 0.5) is 0 Å². The molecule has 1 aromatic rings. The monoisotopic (exact) mass is 258 g/mol. The Balaban J connectivity index is 2.47. The van der Waals surface area contributed by atoms with Gasteiger partial charge in [-0.2, -0.15) is 0 Å². The van der Waals surface area contributed by atoms with Gasteiger partial charge < -0.3 is 5.73 Å². The van der Waals surface area contributed by atoms with Crippen LogP contribution < -0.4 is 5.73 Å². The van der Waals surface area contributed by atoms with Crippen LogP contribution in [0.5, 0.6) is 0 Å². The highest BCUT2D eigenvalue weighted by Crippen LogP contribution is 2.40. The largest absolute Gasteiger partial charge is 0.329 e. The molecule has 1 atom stereocenters. The SMILES string of the molecule is CC(C)N1Cc2cc(Cl)cc(Cl)c2C1CN. The van der Waals surface area contributed by atoms with Gasteiger partial charge in [0.2, 0.25) is 0 Å². The minimum absolute atomic E-state index is 0.222. The Labute approximate surface area is 106 Å². The predicted octanol–water partition coefficient (Wildman–Crippen LogP) is 3.22. The summed E-state index contributed by atoms with van der Waals surface area (Å²) >= 11 is 12.3. The first-order valence-corrected chi connectivity index (χ1v) is 6.23. The Morgan fingerprint density at radius 1 is 1.44 bits per heavy atom. The molecule has 1 aliphatic rings. The van der Waals surface area contributed by atoms with E-state index < -0.39 is 0 Å². The van der Waals surface area contributed by atoms with Crippen molar-refractivity contribution in [3.05, 3.63) is 33.3 Å². The maximum Gasteiger partial charge on any atom is 0.0494 e. The Hall–Kier alpha value is -0.280. The molecule has 1 unspecified atom stereocenters. The third-order valence-corrected chi connectivity index (χ3v) is 3.68. The van der Waals surface area contributed by atoms with Gasteiger partial charge in [0.05, 0.1) is 0 Å². The zero-order valence-electron chi connectivity index (χ0n) is 9.50. The highest BCUT2D eigenvalue weighted by molar-refractivity contribution is 6.35. The minimum Gasteiger partial charge on any atom is -0.329 e. The number of hydrogen-bond acceptors (Lipinski definition) is 2. The fraction of sp³-hybridized carbons (Fsp3) is 0.500. The van der Waals surface area contributed by atoms with E-state index in [9.17, 15) is 0 Å². The number of halogens is 2. The molecule has 0 fully saturated rings. The lowest BCUT2D eigenvalue weighted by Crippen LogP contribution is -2.33. The van der Waals surface area contributed by atoms with Crippen molar-refractivity contribution in [2.45, 2.75) is 32.5 Å². The van der Waals surface area contributed by atoms with E-state index in [1.165, 1.54) is 5.56 Å². The quantitative estimate of drug-likeness (QED) is 0.883. The summed E-state index contributed by atoms with van der Waals surface area (Å²) in [6.07, 6.45) is 0. The number of nitrogens with zero attached hydrogens (tertiary/aromatic N) is 1. The molecule has 2 nitrogen and oxygen atoms in total. The van der Waals surface area contributed by atoms with Crippen molar-refractivity contribution >= 4 is 23.2 Å². The Bertz CT molecular complexity index is 404. The maximum atomic E-state index is 6.25. The normalized spacial score (nSPS) is 20.5. The topological polar surface area (TPSA) is 29.3 Å². The average Bonchev–Trinajstić information content (AvgIpc) is 2.56. The molecule has 88 valence electrons. The summed E-state index contributed by atoms with van der Waals surface area (Å²) in [6.45, 7) is 5.82. The van der Waals surface area contributed by atoms with E-state index in [1.807, 2.05) is 6.07 Å². The van der Waals surface area contributed by atoms with Gasteiger partial charge in [-0.3, -0.25) is 4.90 Å². The summed E-state index contributed by atoms with van der Waals surface area (Å²) in [7, 11) is 0. The summed E-state index contributed by atoms with van der Waals surface area (Å²) in [4.78, 5) is 2.35. The first-order valence-electron chi connectivity index (χ1n) is 5.48. The zero-order valence-corrected chi connectivity index (χ0v) is 11.0. The molecule has 0 amide bonds. The van der Waals surface area contributed by atoms with Crippen LogP contribution in [0.25, 0.3) is 0 Å². The molecular formula is C12H16Cl2N2. The summed E-state index contributed by atoms with van der Waals surface area (Å²) in [6, 6.07) is 4.47. The molecule has 0 bridgehead atoms. The second-order valence-electron chi connectivity index (χ2n) is 4.48. The molecule has 16 heavy (non-hydrogen) atoms. The summed E-state index contributed by atoms with van der Waals surface area (Å²) < 4.78 is 0. The third kappa shape index (κ3) is 1.95. The second kappa shape index (κ2) is 4.53. The van der Waals surface area contributed by atoms with Crippen molar-refractivity contribution in [1.82, 2.24) is 4.90 Å². The fourth-order valence-electron chi connectivity index (χ4n) is 2.41. The van der Waals surface area contributed by atoms with Crippen molar-refractivity contribution < 1.29 is 0 Å². The molecule has 1 aromatic carbocycles. The predicted molar refractivity (Wildman–Crippen MR) is 68.9 cm³/mol. The number of fused-ring (bicyclic) bond motifs is 1. The van der Waals surface area contributed by atoms with Crippen LogP contribution in [-0.2, 0) is 6.54 Å². The van der Waals surface area contributed by atoms with Crippen LogP contribution in [0.1, 0.15) is 31.0 Å². The van der Waals surface area contributed by atoms with Gasteiger partial charge in [0, 0.05) is 35.2 Å². The standard InChI is InChI=1S/C12H16Cl2N2/c1-7(2)16-6-8-3-9(13)4-10(14)12(8)11(16)5-15/h3-4,7,11H,5-6,15H2,1-2H3. The van der Waals surface area contributed by atoms with Crippen LogP contribution in [0.15, 0.2) is 12.1 Å². The number of benzene rings is 1. The number of nitrogens with two attached hydrogens (primary N) is 1. The third-order valence-electron chi connectivity index (χ3n) is 3.15. The molecule has 2 rings (SSSR count). The van der Waals surface area contributed by atoms with Gasteiger partial charge in [-0.15, -0.1) is 0 Å². The lowest BCUT2D eigenvalue weighted by Gasteiger charge is -2.27. The van der Waals surface area contributed by atoms with Crippen molar-refractivity contribution in [1.29, 1.82) is 0 Å². The molecule has 0 radical (unpaired) electrons. The van der Waals surface area contributed by atoms with Crippen LogP contribution in [0.3, 0.4) is 0 Å². The summed E-state index contributed by atoms with van der Waals surface area (Å²) in [5.74, 6) is 0. The Morgan fingerprint density at radius 3 is 2.69 bits per heavy atom. The van der Waals surface area contributed by atoms with Gasteiger partial charge in [0.25, 0.3) is 0 Å². The minimum atomic E-state index is 0.222. The van der Waals surface area contributed by atoms with Gasteiger partial charge in [0.1, 0.15) is 0 Å². The lowest BCUT2D eigenvalue weighted by atomic mass is 10.0. The maximum absolute atomic E-state index is 6.25. The van der Waals surface area contributed by atoms with Crippen molar-refractivity contribution in [2.75, 3.05) is 6.54 Å². The number of hydrogen-bond donors (Lipinski definition) is 1. The fourth-order valence-corrected chi connectivity index (χ4v) is 3.07. The molecule has 0 saturated heterocycles. The smallest absolute Gasteiger partial charge is 0.0494 e. The van der Waals surface area contributed by atoms with E-state index in [2.05, 4.69) is 18.7 Å². The van der Waals surface area contributed by atoms with Crippen molar-refractivity contribution in [3.8, 4) is 0 Å². The second-order valence-corrected chi connectivity index (χ2v) is 5.32. The van der Waals surface area contributed by atoms with Gasteiger partial charge in [0.15, 0.2) is 0 Å². The molecule has 4 heteroatoms. The Morgan fingerprint density at radius 2 is 2.12 bits per heavy atom. The molecule has 1 aliphatic heterocycles. The molecule has 0 saturated carbocycles. The summed E-state index contributed by atoms with van der Waals surface area (Å²) in [5, 5.41) is 1.44. The summed E-state index contributed by atoms with van der Waals surface area (Å²) in [5.41, 5.74) is 8.22. The van der Waals surface area contributed by atoms with E-state index >= 15 is 0 Å². The highest BCUT2D eigenvalue weighted by Gasteiger charge is 2.32.